The number of piperazine rings is 1. The monoisotopic (exact) mass is 551 g/mol. The Morgan fingerprint density at radius 2 is 1.76 bits per heavy atom. The van der Waals surface area contributed by atoms with Gasteiger partial charge in [-0.05, 0) is 67.8 Å². The van der Waals surface area contributed by atoms with Crippen molar-refractivity contribution in [1.29, 1.82) is 0 Å². The number of fused-ring (bicyclic) bond motifs is 1. The van der Waals surface area contributed by atoms with E-state index in [2.05, 4.69) is 51.0 Å². The average Bonchev–Trinajstić information content (AvgIpc) is 3.37. The second-order valence-electron chi connectivity index (χ2n) is 10.3. The van der Waals surface area contributed by atoms with E-state index in [1.807, 2.05) is 25.1 Å². The lowest BCUT2D eigenvalue weighted by molar-refractivity contribution is -0.118. The standard InChI is InChI=1S/C32H33N5O4/c1-5-28(39)34-27-17-23(7-6-21(27)4)29-26-16-24(32(40)41-20(2)3)18-33-31(26)35-30(29)22-8-10-25(11-9-22)37-14-12-36(19-38)13-15-37/h5-11,16-20H,1,12-15H2,2-4H3,(H,33,35)(H,34,39). The average molecular weight is 552 g/mol. The third-order valence-corrected chi connectivity index (χ3v) is 7.18. The minimum Gasteiger partial charge on any atom is -0.459 e. The summed E-state index contributed by atoms with van der Waals surface area (Å²) in [5, 5.41) is 3.65. The minimum absolute atomic E-state index is 0.257. The molecule has 9 nitrogen and oxygen atoms in total. The van der Waals surface area contributed by atoms with Crippen molar-refractivity contribution in [2.45, 2.75) is 26.9 Å². The SMILES string of the molecule is C=CC(=O)Nc1cc(-c2c(-c3ccc(N4CCN(C=O)CC4)cc3)[nH]c3ncc(C(=O)OC(C)C)cc23)ccc1C. The first-order valence-electron chi connectivity index (χ1n) is 13.6. The Morgan fingerprint density at radius 3 is 2.41 bits per heavy atom. The summed E-state index contributed by atoms with van der Waals surface area (Å²) in [7, 11) is 0. The predicted octanol–water partition coefficient (Wildman–Crippen LogP) is 5.17. The third-order valence-electron chi connectivity index (χ3n) is 7.18. The first-order chi connectivity index (χ1) is 19.8. The van der Waals surface area contributed by atoms with Crippen LogP contribution in [0.4, 0.5) is 11.4 Å². The van der Waals surface area contributed by atoms with E-state index in [0.29, 0.717) is 30.0 Å². The molecule has 0 saturated carbocycles. The Kier molecular flexibility index (Phi) is 7.87. The van der Waals surface area contributed by atoms with Gasteiger partial charge in [-0.15, -0.1) is 0 Å². The van der Waals surface area contributed by atoms with E-state index in [-0.39, 0.29) is 12.0 Å². The maximum Gasteiger partial charge on any atom is 0.339 e. The number of ether oxygens (including phenoxy) is 1. The van der Waals surface area contributed by atoms with Crippen LogP contribution in [-0.2, 0) is 14.3 Å². The van der Waals surface area contributed by atoms with E-state index in [0.717, 1.165) is 58.5 Å². The van der Waals surface area contributed by atoms with E-state index in [9.17, 15) is 14.4 Å². The van der Waals surface area contributed by atoms with Crippen molar-refractivity contribution in [3.05, 3.63) is 78.5 Å². The van der Waals surface area contributed by atoms with Crippen LogP contribution in [0.3, 0.4) is 0 Å². The number of aromatic nitrogens is 2. The Labute approximate surface area is 238 Å². The van der Waals surface area contributed by atoms with E-state index >= 15 is 0 Å². The number of hydrogen-bond acceptors (Lipinski definition) is 6. The van der Waals surface area contributed by atoms with E-state index in [1.54, 1.807) is 24.8 Å². The van der Waals surface area contributed by atoms with Crippen LogP contribution in [-0.4, -0.2) is 65.4 Å². The molecule has 2 N–H and O–H groups in total. The van der Waals surface area contributed by atoms with Gasteiger partial charge in [0.2, 0.25) is 12.3 Å². The summed E-state index contributed by atoms with van der Waals surface area (Å²) in [5.74, 6) is -0.737. The van der Waals surface area contributed by atoms with Gasteiger partial charge in [-0.25, -0.2) is 9.78 Å². The lowest BCUT2D eigenvalue weighted by Crippen LogP contribution is -2.45. The van der Waals surface area contributed by atoms with Crippen molar-refractivity contribution < 1.29 is 19.1 Å². The van der Waals surface area contributed by atoms with E-state index < -0.39 is 5.97 Å². The largest absolute Gasteiger partial charge is 0.459 e. The summed E-state index contributed by atoms with van der Waals surface area (Å²) in [5.41, 5.74) is 7.12. The zero-order valence-electron chi connectivity index (χ0n) is 23.4. The van der Waals surface area contributed by atoms with Crippen LogP contribution in [0.5, 0.6) is 0 Å². The number of carbonyl (C=O) groups excluding carboxylic acids is 3. The number of aryl methyl sites for hydroxylation is 1. The van der Waals surface area contributed by atoms with Crippen molar-refractivity contribution in [3.63, 3.8) is 0 Å². The van der Waals surface area contributed by atoms with E-state index in [4.69, 9.17) is 4.74 Å². The number of H-pyrrole nitrogens is 1. The molecular weight excluding hydrogens is 518 g/mol. The minimum atomic E-state index is -0.440. The maximum atomic E-state index is 12.7. The smallest absolute Gasteiger partial charge is 0.339 e. The number of carbonyl (C=O) groups is 3. The molecule has 4 aromatic rings. The van der Waals surface area contributed by atoms with Gasteiger partial charge in [-0.1, -0.05) is 30.8 Å². The van der Waals surface area contributed by atoms with Gasteiger partial charge in [0.15, 0.2) is 0 Å². The highest BCUT2D eigenvalue weighted by molar-refractivity contribution is 6.06. The zero-order chi connectivity index (χ0) is 29.1. The molecule has 0 bridgehead atoms. The molecule has 1 aliphatic heterocycles. The molecule has 5 rings (SSSR count). The summed E-state index contributed by atoms with van der Waals surface area (Å²) in [4.78, 5) is 48.0. The fourth-order valence-electron chi connectivity index (χ4n) is 5.00. The molecule has 210 valence electrons. The lowest BCUT2D eigenvalue weighted by Gasteiger charge is -2.34. The number of hydrogen-bond donors (Lipinski definition) is 2. The van der Waals surface area contributed by atoms with Gasteiger partial charge in [0.25, 0.3) is 0 Å². The molecule has 0 aliphatic carbocycles. The van der Waals surface area contributed by atoms with E-state index in [1.165, 1.54) is 12.3 Å². The van der Waals surface area contributed by atoms with Gasteiger partial charge in [0.1, 0.15) is 5.65 Å². The molecule has 1 aliphatic rings. The maximum absolute atomic E-state index is 12.7. The number of nitrogens with one attached hydrogen (secondary N) is 2. The summed E-state index contributed by atoms with van der Waals surface area (Å²) >= 11 is 0. The molecule has 2 aromatic heterocycles. The topological polar surface area (TPSA) is 108 Å². The first-order valence-corrected chi connectivity index (χ1v) is 13.6. The second-order valence-corrected chi connectivity index (χ2v) is 10.3. The number of esters is 1. The predicted molar refractivity (Wildman–Crippen MR) is 161 cm³/mol. The highest BCUT2D eigenvalue weighted by atomic mass is 16.5. The molecule has 0 unspecified atom stereocenters. The molecule has 2 aromatic carbocycles. The van der Waals surface area contributed by atoms with Gasteiger partial charge in [-0.3, -0.25) is 9.59 Å². The number of aromatic amines is 1. The molecule has 1 fully saturated rings. The molecule has 3 heterocycles. The molecule has 41 heavy (non-hydrogen) atoms. The normalized spacial score (nSPS) is 13.4. The number of rotatable bonds is 8. The van der Waals surface area contributed by atoms with Crippen LogP contribution in [0, 0.1) is 6.92 Å². The number of nitrogens with zero attached hydrogens (tertiary/aromatic N) is 3. The fourth-order valence-corrected chi connectivity index (χ4v) is 5.00. The Hall–Kier alpha value is -4.92. The quantitative estimate of drug-likeness (QED) is 0.178. The molecule has 1 saturated heterocycles. The van der Waals surface area contributed by atoms with Crippen molar-refractivity contribution >= 4 is 40.7 Å². The zero-order valence-corrected chi connectivity index (χ0v) is 23.4. The molecule has 2 amide bonds. The molecule has 0 radical (unpaired) electrons. The molecule has 0 atom stereocenters. The van der Waals surface area contributed by atoms with Crippen LogP contribution in [0.1, 0.15) is 29.8 Å². The Balaban J connectivity index is 1.60. The number of benzene rings is 2. The number of anilines is 2. The molecule has 9 heteroatoms. The van der Waals surface area contributed by atoms with Crippen LogP contribution >= 0.6 is 0 Å². The summed E-state index contributed by atoms with van der Waals surface area (Å²) < 4.78 is 5.42. The van der Waals surface area contributed by atoms with Crippen molar-refractivity contribution in [2.75, 3.05) is 36.4 Å². The van der Waals surface area contributed by atoms with Crippen LogP contribution in [0.2, 0.25) is 0 Å². The molecular formula is C32H33N5O4. The number of amides is 2. The summed E-state index contributed by atoms with van der Waals surface area (Å²) in [6, 6.07) is 15.9. The van der Waals surface area contributed by atoms with Gasteiger partial charge in [0, 0.05) is 54.7 Å². The van der Waals surface area contributed by atoms with Gasteiger partial charge in [0.05, 0.1) is 17.4 Å². The Bertz CT molecular complexity index is 1620. The van der Waals surface area contributed by atoms with Crippen molar-refractivity contribution in [3.8, 4) is 22.4 Å². The Morgan fingerprint density at radius 1 is 1.05 bits per heavy atom. The highest BCUT2D eigenvalue weighted by Gasteiger charge is 2.21. The van der Waals surface area contributed by atoms with Crippen LogP contribution < -0.4 is 10.2 Å². The number of pyridine rings is 1. The molecule has 0 spiro atoms. The highest BCUT2D eigenvalue weighted by Crippen LogP contribution is 2.40. The lowest BCUT2D eigenvalue weighted by atomic mass is 9.96. The third kappa shape index (κ3) is 5.84. The van der Waals surface area contributed by atoms with Gasteiger partial charge >= 0.3 is 5.97 Å². The van der Waals surface area contributed by atoms with Gasteiger partial charge < -0.3 is 24.8 Å². The van der Waals surface area contributed by atoms with Crippen LogP contribution in [0.25, 0.3) is 33.4 Å². The van der Waals surface area contributed by atoms with Crippen LogP contribution in [0.15, 0.2) is 67.4 Å². The second kappa shape index (κ2) is 11.7. The van der Waals surface area contributed by atoms with Crippen molar-refractivity contribution in [2.24, 2.45) is 0 Å². The first kappa shape index (κ1) is 27.6. The van der Waals surface area contributed by atoms with Crippen molar-refractivity contribution in [1.82, 2.24) is 14.9 Å². The summed E-state index contributed by atoms with van der Waals surface area (Å²) in [6.07, 6.45) is 3.40. The summed E-state index contributed by atoms with van der Waals surface area (Å²) in [6.45, 7) is 12.0. The fraction of sp³-hybridized carbons (Fsp3) is 0.250. The van der Waals surface area contributed by atoms with Gasteiger partial charge in [-0.2, -0.15) is 0 Å².